The molecule has 3 aromatic rings. The van der Waals surface area contributed by atoms with Crippen LogP contribution in [0.4, 0.5) is 0 Å². The average molecular weight is 371 g/mol. The molecule has 0 saturated carbocycles. The Balaban J connectivity index is 0.00000243. The lowest BCUT2D eigenvalue weighted by molar-refractivity contribution is -0.697. The quantitative estimate of drug-likeness (QED) is 0.594. The lowest BCUT2D eigenvalue weighted by Crippen LogP contribution is -3.00. The van der Waals surface area contributed by atoms with Crippen molar-refractivity contribution in [3.05, 3.63) is 60.2 Å². The second kappa shape index (κ2) is 10.1. The molecule has 2 heterocycles. The van der Waals surface area contributed by atoms with E-state index >= 15 is 0 Å². The number of nitrogens with zero attached hydrogens (tertiary/aromatic N) is 3. The zero-order chi connectivity index (χ0) is 17.5. The van der Waals surface area contributed by atoms with E-state index < -0.39 is 0 Å². The minimum absolute atomic E-state index is 0. The van der Waals surface area contributed by atoms with Crippen LogP contribution in [-0.2, 0) is 6.54 Å². The number of pyridine rings is 1. The van der Waals surface area contributed by atoms with Crippen LogP contribution in [0.5, 0.6) is 0 Å². The number of nitrogens with one attached hydrogen (secondary N) is 1. The Labute approximate surface area is 162 Å². The smallest absolute Gasteiger partial charge is 0.169 e. The highest BCUT2D eigenvalue weighted by atomic mass is 35.5. The largest absolute Gasteiger partial charge is 1.00 e. The summed E-state index contributed by atoms with van der Waals surface area (Å²) in [6.07, 6.45) is 9.61. The second-order valence-electron chi connectivity index (χ2n) is 6.22. The molecule has 2 aromatic heterocycles. The van der Waals surface area contributed by atoms with Crippen molar-refractivity contribution in [1.29, 1.82) is 0 Å². The van der Waals surface area contributed by atoms with Gasteiger partial charge in [-0.1, -0.05) is 32.1 Å². The SMILES string of the molecule is CCN(CC)CCC[n+]1ccc(/C=C/c2nc3ccccc3[nH]2)cc1.[Cl-]. The number of para-hydroxylation sites is 2. The van der Waals surface area contributed by atoms with E-state index in [1.807, 2.05) is 30.3 Å². The first-order valence-corrected chi connectivity index (χ1v) is 9.12. The highest BCUT2D eigenvalue weighted by Crippen LogP contribution is 2.12. The monoisotopic (exact) mass is 370 g/mol. The molecule has 138 valence electrons. The fraction of sp³-hybridized carbons (Fsp3) is 0.333. The number of hydrogen-bond donors (Lipinski definition) is 1. The summed E-state index contributed by atoms with van der Waals surface area (Å²) in [5, 5.41) is 0. The van der Waals surface area contributed by atoms with Gasteiger partial charge < -0.3 is 22.3 Å². The van der Waals surface area contributed by atoms with Crippen LogP contribution in [0.1, 0.15) is 31.7 Å². The van der Waals surface area contributed by atoms with Gasteiger partial charge in [0.05, 0.1) is 11.0 Å². The summed E-state index contributed by atoms with van der Waals surface area (Å²) in [5.41, 5.74) is 3.25. The molecule has 26 heavy (non-hydrogen) atoms. The van der Waals surface area contributed by atoms with Crippen LogP contribution in [0.2, 0.25) is 0 Å². The molecule has 0 aliphatic rings. The fourth-order valence-corrected chi connectivity index (χ4v) is 2.97. The molecule has 0 unspecified atom stereocenters. The topological polar surface area (TPSA) is 35.8 Å². The lowest BCUT2D eigenvalue weighted by Gasteiger charge is -2.16. The van der Waals surface area contributed by atoms with Gasteiger partial charge in [-0.15, -0.1) is 0 Å². The molecule has 0 saturated heterocycles. The third-order valence-corrected chi connectivity index (χ3v) is 4.54. The van der Waals surface area contributed by atoms with E-state index in [2.05, 4.69) is 63.9 Å². The van der Waals surface area contributed by atoms with Gasteiger partial charge in [0.1, 0.15) is 12.4 Å². The Morgan fingerprint density at radius 3 is 2.46 bits per heavy atom. The molecule has 0 aliphatic carbocycles. The standard InChI is InChI=1S/C21H26N4.ClH/c1-3-24(4-2)14-7-15-25-16-12-18(13-17-25)10-11-21-22-19-8-5-6-9-20(19)23-21;/h5-6,8-13,16-17H,3-4,7,14-15H2,1-2H3;1H. The third-order valence-electron chi connectivity index (χ3n) is 4.54. The maximum absolute atomic E-state index is 4.57. The summed E-state index contributed by atoms with van der Waals surface area (Å²) in [4.78, 5) is 10.3. The molecule has 4 nitrogen and oxygen atoms in total. The van der Waals surface area contributed by atoms with Crippen LogP contribution in [0.15, 0.2) is 48.8 Å². The Kier molecular flexibility index (Phi) is 7.82. The highest BCUT2D eigenvalue weighted by Gasteiger charge is 2.03. The highest BCUT2D eigenvalue weighted by molar-refractivity contribution is 5.78. The summed E-state index contributed by atoms with van der Waals surface area (Å²) >= 11 is 0. The number of imidazole rings is 1. The van der Waals surface area contributed by atoms with Crippen LogP contribution >= 0.6 is 0 Å². The van der Waals surface area contributed by atoms with Gasteiger partial charge >= 0.3 is 0 Å². The van der Waals surface area contributed by atoms with E-state index in [0.717, 1.165) is 43.0 Å². The molecule has 1 N–H and O–H groups in total. The third kappa shape index (κ3) is 5.41. The van der Waals surface area contributed by atoms with Crippen LogP contribution in [-0.4, -0.2) is 34.5 Å². The normalized spacial score (nSPS) is 11.3. The maximum atomic E-state index is 4.57. The molecule has 0 bridgehead atoms. The van der Waals surface area contributed by atoms with Crippen molar-refractivity contribution in [2.24, 2.45) is 0 Å². The molecule has 3 rings (SSSR count). The summed E-state index contributed by atoms with van der Waals surface area (Å²) in [6, 6.07) is 12.4. The molecule has 1 aromatic carbocycles. The molecule has 0 atom stereocenters. The molecule has 0 aliphatic heterocycles. The summed E-state index contributed by atoms with van der Waals surface area (Å²) in [6.45, 7) is 8.93. The fourth-order valence-electron chi connectivity index (χ4n) is 2.97. The number of aromatic nitrogens is 3. The molecule has 0 fully saturated rings. The number of fused-ring (bicyclic) bond motifs is 1. The van der Waals surface area contributed by atoms with E-state index in [1.165, 1.54) is 12.0 Å². The van der Waals surface area contributed by atoms with E-state index in [9.17, 15) is 0 Å². The van der Waals surface area contributed by atoms with Crippen molar-refractivity contribution < 1.29 is 17.0 Å². The summed E-state index contributed by atoms with van der Waals surface area (Å²) in [7, 11) is 0. The second-order valence-corrected chi connectivity index (χ2v) is 6.22. The van der Waals surface area contributed by atoms with Gasteiger partial charge in [0, 0.05) is 25.1 Å². The molecule has 0 radical (unpaired) electrons. The zero-order valence-corrected chi connectivity index (χ0v) is 16.3. The van der Waals surface area contributed by atoms with Gasteiger partial charge in [-0.05, 0) is 36.9 Å². The van der Waals surface area contributed by atoms with E-state index in [0.29, 0.717) is 0 Å². The van der Waals surface area contributed by atoms with Crippen LogP contribution in [0, 0.1) is 0 Å². The van der Waals surface area contributed by atoms with Gasteiger partial charge in [-0.25, -0.2) is 9.55 Å². The predicted octanol–water partition coefficient (Wildman–Crippen LogP) is 0.757. The number of aryl methyl sites for hydroxylation is 1. The van der Waals surface area contributed by atoms with Gasteiger partial charge in [0.15, 0.2) is 12.4 Å². The number of benzene rings is 1. The number of halogens is 1. The maximum Gasteiger partial charge on any atom is 0.169 e. The number of H-pyrrole nitrogens is 1. The van der Waals surface area contributed by atoms with E-state index in [4.69, 9.17) is 0 Å². The molecule has 0 spiro atoms. The predicted molar refractivity (Wildman–Crippen MR) is 104 cm³/mol. The Morgan fingerprint density at radius 2 is 1.77 bits per heavy atom. The molecular weight excluding hydrogens is 344 g/mol. The van der Waals surface area contributed by atoms with Crippen molar-refractivity contribution in [2.75, 3.05) is 19.6 Å². The van der Waals surface area contributed by atoms with Crippen molar-refractivity contribution in [3.63, 3.8) is 0 Å². The first-order chi connectivity index (χ1) is 12.3. The average Bonchev–Trinajstić information content (AvgIpc) is 3.07. The number of rotatable bonds is 8. The van der Waals surface area contributed by atoms with E-state index in [1.54, 1.807) is 0 Å². The van der Waals surface area contributed by atoms with Crippen molar-refractivity contribution >= 4 is 23.2 Å². The summed E-state index contributed by atoms with van der Waals surface area (Å²) < 4.78 is 2.25. The van der Waals surface area contributed by atoms with Crippen LogP contribution < -0.4 is 17.0 Å². The van der Waals surface area contributed by atoms with Gasteiger partial charge in [-0.3, -0.25) is 0 Å². The first kappa shape index (κ1) is 20.1. The number of aromatic amines is 1. The molecule has 5 heteroatoms. The van der Waals surface area contributed by atoms with Gasteiger partial charge in [0.25, 0.3) is 0 Å². The Morgan fingerprint density at radius 1 is 1.04 bits per heavy atom. The Hall–Kier alpha value is -2.17. The van der Waals surface area contributed by atoms with Crippen LogP contribution in [0.25, 0.3) is 23.2 Å². The minimum atomic E-state index is 0. The zero-order valence-electron chi connectivity index (χ0n) is 15.5. The number of hydrogen-bond acceptors (Lipinski definition) is 2. The first-order valence-electron chi connectivity index (χ1n) is 9.12. The van der Waals surface area contributed by atoms with Gasteiger partial charge in [-0.2, -0.15) is 0 Å². The van der Waals surface area contributed by atoms with Gasteiger partial charge in [0.2, 0.25) is 0 Å². The molecular formula is C21H27ClN4. The van der Waals surface area contributed by atoms with Crippen molar-refractivity contribution in [3.8, 4) is 0 Å². The summed E-state index contributed by atoms with van der Waals surface area (Å²) in [5.74, 6) is 0.886. The lowest BCUT2D eigenvalue weighted by atomic mass is 10.2. The van der Waals surface area contributed by atoms with Crippen molar-refractivity contribution in [1.82, 2.24) is 14.9 Å². The Bertz CT molecular complexity index is 786. The molecule has 0 amide bonds. The van der Waals surface area contributed by atoms with Crippen molar-refractivity contribution in [2.45, 2.75) is 26.8 Å². The van der Waals surface area contributed by atoms with E-state index in [-0.39, 0.29) is 12.4 Å². The van der Waals surface area contributed by atoms with Crippen LogP contribution in [0.3, 0.4) is 0 Å². The minimum Gasteiger partial charge on any atom is -1.00 e.